The van der Waals surface area contributed by atoms with Crippen LogP contribution in [-0.4, -0.2) is 35.6 Å². The number of esters is 1. The zero-order chi connectivity index (χ0) is 40.8. The predicted molar refractivity (Wildman–Crippen MR) is 239 cm³/mol. The van der Waals surface area contributed by atoms with Gasteiger partial charge in [0.2, 0.25) is 5.91 Å². The monoisotopic (exact) mass is 772 g/mol. The second-order valence-electron chi connectivity index (χ2n) is 13.8. The number of carbonyl (C=O) groups excluding carboxylic acids is 2. The molecule has 6 heteroatoms. The highest BCUT2D eigenvalue weighted by Gasteiger charge is 2.14. The van der Waals surface area contributed by atoms with Gasteiger partial charge in [0.05, 0.1) is 0 Å². The van der Waals surface area contributed by atoms with E-state index in [0.717, 1.165) is 135 Å². The van der Waals surface area contributed by atoms with E-state index in [-0.39, 0.29) is 24.5 Å². The van der Waals surface area contributed by atoms with Crippen LogP contribution in [0.15, 0.2) is 122 Å². The van der Waals surface area contributed by atoms with Crippen LogP contribution in [0.25, 0.3) is 0 Å². The first-order valence-electron chi connectivity index (χ1n) is 21.7. The molecule has 312 valence electrons. The molecular formula is C50H77NO5. The standard InChI is InChI=1S/C50H77NO5/c1-3-5-7-9-11-13-15-17-18-19-20-21-22-23-24-26-28-30-32-37-41-45-50(55)56-47(43-39-35-33-36-40-44-48(52)51-46-49(53)54)42-38-34-31-29-27-25-16-14-12-10-8-6-4-2/h5-8,11-14,17-18,20-21,23-25,27-28,30-31,34,47H,3-4,9-10,15-16,19,22,26,29,32-33,35-46H2,1-2H3,(H,51,52)(H,53,54)/b7-5-,8-6-,13-11-,14-12-,18-17-,21-20-,24-23-,27-25-,30-28-,34-31-. The van der Waals surface area contributed by atoms with Gasteiger partial charge in [-0.05, 0) is 116 Å². The summed E-state index contributed by atoms with van der Waals surface area (Å²) in [6, 6.07) is 0. The Morgan fingerprint density at radius 3 is 1.32 bits per heavy atom. The number of carboxylic acids is 1. The van der Waals surface area contributed by atoms with Crippen molar-refractivity contribution in [3.63, 3.8) is 0 Å². The van der Waals surface area contributed by atoms with E-state index in [1.165, 1.54) is 0 Å². The first-order valence-corrected chi connectivity index (χ1v) is 21.7. The molecule has 6 nitrogen and oxygen atoms in total. The summed E-state index contributed by atoms with van der Waals surface area (Å²) in [4.78, 5) is 35.0. The zero-order valence-corrected chi connectivity index (χ0v) is 35.2. The predicted octanol–water partition coefficient (Wildman–Crippen LogP) is 13.7. The Labute approximate surface area is 342 Å². The molecule has 2 N–H and O–H groups in total. The lowest BCUT2D eigenvalue weighted by Gasteiger charge is -2.17. The Morgan fingerprint density at radius 2 is 0.857 bits per heavy atom. The Hall–Kier alpha value is -4.19. The normalized spacial score (nSPS) is 13.3. The molecule has 0 aromatic rings. The van der Waals surface area contributed by atoms with Crippen molar-refractivity contribution in [3.05, 3.63) is 122 Å². The van der Waals surface area contributed by atoms with Gasteiger partial charge in [-0.3, -0.25) is 14.4 Å². The van der Waals surface area contributed by atoms with Crippen LogP contribution >= 0.6 is 0 Å². The maximum atomic E-state index is 12.7. The number of rotatable bonds is 37. The highest BCUT2D eigenvalue weighted by atomic mass is 16.5. The van der Waals surface area contributed by atoms with Gasteiger partial charge >= 0.3 is 11.9 Å². The molecule has 1 unspecified atom stereocenters. The van der Waals surface area contributed by atoms with E-state index in [1.54, 1.807) is 0 Å². The molecule has 0 aromatic carbocycles. The number of carboxylic acid groups (broad SMARTS) is 1. The topological polar surface area (TPSA) is 92.7 Å². The molecule has 0 rings (SSSR count). The molecule has 0 saturated heterocycles. The number of aliphatic carboxylic acids is 1. The summed E-state index contributed by atoms with van der Waals surface area (Å²) in [5, 5.41) is 11.1. The fraction of sp³-hybridized carbons (Fsp3) is 0.540. The van der Waals surface area contributed by atoms with Crippen LogP contribution in [0.2, 0.25) is 0 Å². The minimum Gasteiger partial charge on any atom is -0.480 e. The van der Waals surface area contributed by atoms with Crippen molar-refractivity contribution in [1.29, 1.82) is 0 Å². The van der Waals surface area contributed by atoms with Crippen LogP contribution in [0.1, 0.15) is 162 Å². The Bertz CT molecular complexity index is 1260. The minimum atomic E-state index is -1.03. The molecule has 0 aliphatic rings. The molecule has 0 aliphatic carbocycles. The molecule has 1 atom stereocenters. The van der Waals surface area contributed by atoms with Gasteiger partial charge in [-0.2, -0.15) is 0 Å². The molecule has 0 bridgehead atoms. The summed E-state index contributed by atoms with van der Waals surface area (Å²) >= 11 is 0. The number of ether oxygens (including phenoxy) is 1. The van der Waals surface area contributed by atoms with Crippen LogP contribution in [0.5, 0.6) is 0 Å². The second kappa shape index (κ2) is 43.5. The Morgan fingerprint density at radius 1 is 0.464 bits per heavy atom. The van der Waals surface area contributed by atoms with Crippen molar-refractivity contribution >= 4 is 17.8 Å². The van der Waals surface area contributed by atoms with E-state index < -0.39 is 5.97 Å². The molecule has 0 spiro atoms. The van der Waals surface area contributed by atoms with Gasteiger partial charge in [0, 0.05) is 12.8 Å². The highest BCUT2D eigenvalue weighted by molar-refractivity contribution is 5.80. The van der Waals surface area contributed by atoms with E-state index in [9.17, 15) is 14.4 Å². The highest BCUT2D eigenvalue weighted by Crippen LogP contribution is 2.16. The van der Waals surface area contributed by atoms with Gasteiger partial charge in [-0.1, -0.05) is 155 Å². The minimum absolute atomic E-state index is 0.0836. The van der Waals surface area contributed by atoms with E-state index in [4.69, 9.17) is 9.84 Å². The summed E-state index contributed by atoms with van der Waals surface area (Å²) in [5.74, 6) is -1.35. The number of carbonyl (C=O) groups is 3. The third-order valence-electron chi connectivity index (χ3n) is 8.64. The summed E-state index contributed by atoms with van der Waals surface area (Å²) in [6.07, 6.45) is 64.6. The molecule has 1 amide bonds. The van der Waals surface area contributed by atoms with Gasteiger partial charge in [-0.25, -0.2) is 0 Å². The summed E-state index contributed by atoms with van der Waals surface area (Å²) < 4.78 is 5.97. The maximum Gasteiger partial charge on any atom is 0.322 e. The summed E-state index contributed by atoms with van der Waals surface area (Å²) in [7, 11) is 0. The quantitative estimate of drug-likeness (QED) is 0.0373. The van der Waals surface area contributed by atoms with Crippen molar-refractivity contribution in [2.75, 3.05) is 6.54 Å². The largest absolute Gasteiger partial charge is 0.480 e. The van der Waals surface area contributed by atoms with Crippen LogP contribution in [-0.2, 0) is 19.1 Å². The maximum absolute atomic E-state index is 12.7. The second-order valence-corrected chi connectivity index (χ2v) is 13.8. The molecule has 0 saturated carbocycles. The molecular weight excluding hydrogens is 695 g/mol. The van der Waals surface area contributed by atoms with Crippen molar-refractivity contribution in [1.82, 2.24) is 5.32 Å². The fourth-order valence-corrected chi connectivity index (χ4v) is 5.51. The fourth-order valence-electron chi connectivity index (χ4n) is 5.51. The lowest BCUT2D eigenvalue weighted by Crippen LogP contribution is -2.28. The lowest BCUT2D eigenvalue weighted by atomic mass is 10.0. The zero-order valence-electron chi connectivity index (χ0n) is 35.2. The number of hydrogen-bond acceptors (Lipinski definition) is 4. The van der Waals surface area contributed by atoms with E-state index in [1.807, 2.05) is 0 Å². The average molecular weight is 772 g/mol. The third-order valence-corrected chi connectivity index (χ3v) is 8.64. The molecule has 0 heterocycles. The molecule has 0 radical (unpaired) electrons. The van der Waals surface area contributed by atoms with Gasteiger partial charge in [0.15, 0.2) is 0 Å². The summed E-state index contributed by atoms with van der Waals surface area (Å²) in [6.45, 7) is 3.97. The lowest BCUT2D eigenvalue weighted by molar-refractivity contribution is -0.150. The number of amides is 1. The average Bonchev–Trinajstić information content (AvgIpc) is 3.18. The molecule has 0 fully saturated rings. The molecule has 0 aliphatic heterocycles. The van der Waals surface area contributed by atoms with Crippen LogP contribution in [0, 0.1) is 0 Å². The van der Waals surface area contributed by atoms with Gasteiger partial charge < -0.3 is 15.2 Å². The molecule has 0 aromatic heterocycles. The van der Waals surface area contributed by atoms with Crippen molar-refractivity contribution in [3.8, 4) is 0 Å². The number of allylic oxidation sites excluding steroid dienone is 20. The van der Waals surface area contributed by atoms with Crippen LogP contribution in [0.4, 0.5) is 0 Å². The van der Waals surface area contributed by atoms with Gasteiger partial charge in [0.25, 0.3) is 0 Å². The molecule has 56 heavy (non-hydrogen) atoms. The number of hydrogen-bond donors (Lipinski definition) is 2. The van der Waals surface area contributed by atoms with E-state index in [2.05, 4.69) is 141 Å². The van der Waals surface area contributed by atoms with Gasteiger partial charge in [0.1, 0.15) is 12.6 Å². The Balaban J connectivity index is 4.38. The van der Waals surface area contributed by atoms with Crippen molar-refractivity contribution < 1.29 is 24.2 Å². The summed E-state index contributed by atoms with van der Waals surface area (Å²) in [5.41, 5.74) is 0. The third kappa shape index (κ3) is 42.6. The van der Waals surface area contributed by atoms with Gasteiger partial charge in [-0.15, -0.1) is 0 Å². The van der Waals surface area contributed by atoms with Crippen LogP contribution < -0.4 is 5.32 Å². The number of unbranched alkanes of at least 4 members (excludes halogenated alkanes) is 6. The van der Waals surface area contributed by atoms with Crippen molar-refractivity contribution in [2.24, 2.45) is 0 Å². The SMILES string of the molecule is CC/C=C\C/C=C\C/C=C\C/C=C\C/C=C\C/C=C\CCCCC(=O)OC(CC/C=C\C/C=C\C/C=C\C/C=C\CC)CCCCCCCC(=O)NCC(=O)O. The first-order chi connectivity index (χ1) is 27.5. The smallest absolute Gasteiger partial charge is 0.322 e. The van der Waals surface area contributed by atoms with E-state index in [0.29, 0.717) is 12.8 Å². The van der Waals surface area contributed by atoms with Crippen LogP contribution in [0.3, 0.4) is 0 Å². The Kier molecular flexibility index (Phi) is 40.3. The van der Waals surface area contributed by atoms with E-state index >= 15 is 0 Å². The van der Waals surface area contributed by atoms with Crippen molar-refractivity contribution in [2.45, 2.75) is 168 Å². The number of nitrogens with one attached hydrogen (secondary N) is 1. The first kappa shape index (κ1) is 51.8.